The second kappa shape index (κ2) is 15.1. The van der Waals surface area contributed by atoms with Crippen LogP contribution in [0.5, 0.6) is 5.75 Å². The van der Waals surface area contributed by atoms with Gasteiger partial charge in [-0.05, 0) is 60.4 Å². The highest BCUT2D eigenvalue weighted by Gasteiger charge is 2.21. The van der Waals surface area contributed by atoms with E-state index in [1.54, 1.807) is 0 Å². The number of hydrogen-bond donors (Lipinski definition) is 0. The van der Waals surface area contributed by atoms with Crippen molar-refractivity contribution >= 4 is 29.1 Å². The third-order valence-corrected chi connectivity index (χ3v) is 7.43. The Kier molecular flexibility index (Phi) is 11.9. The molecule has 0 aliphatic rings. The summed E-state index contributed by atoms with van der Waals surface area (Å²) < 4.78 is 7.98. The van der Waals surface area contributed by atoms with Gasteiger partial charge in [0.2, 0.25) is 5.91 Å². The van der Waals surface area contributed by atoms with Crippen LogP contribution in [0.25, 0.3) is 11.1 Å². The molecule has 0 N–H and O–H groups in total. The molecule has 1 aromatic heterocycles. The molecule has 1 unspecified atom stereocenters. The van der Waals surface area contributed by atoms with Crippen molar-refractivity contribution in [3.05, 3.63) is 118 Å². The topological polar surface area (TPSA) is 33.4 Å². The zero-order valence-electron chi connectivity index (χ0n) is 23.1. The molecule has 4 aromatic rings. The number of halogens is 3. The standard InChI is InChI=1S/C33H35Cl2N2O2.ClH/c1-24(2)39-30-11-7-8-25(20-30)21-33(38)36(3)23-29(28-12-13-31(34)32(35)22-28)16-19-37-17-14-27(15-18-37)26-9-5-4-6-10-26;/h4-15,17-18,20,22,24,29H,16,19,21,23H2,1-3H3;1H/q+1;/p-1. The predicted octanol–water partition coefficient (Wildman–Crippen LogP) is 4.61. The molecule has 0 aliphatic heterocycles. The van der Waals surface area contributed by atoms with E-state index in [9.17, 15) is 4.79 Å². The molecule has 1 atom stereocenters. The molecule has 0 fully saturated rings. The summed E-state index contributed by atoms with van der Waals surface area (Å²) in [5.74, 6) is 0.925. The number of benzene rings is 3. The third kappa shape index (κ3) is 8.99. The van der Waals surface area contributed by atoms with Gasteiger partial charge in [0.05, 0.1) is 22.6 Å². The Bertz CT molecular complexity index is 1380. The van der Waals surface area contributed by atoms with E-state index in [-0.39, 0.29) is 30.3 Å². The Morgan fingerprint density at radius 2 is 1.57 bits per heavy atom. The SMILES string of the molecule is CC(C)Oc1cccc(CC(=O)N(C)CC(CC[n+]2ccc(-c3ccccc3)cc2)c2ccc(Cl)c(Cl)c2)c1.[Cl-]. The molecule has 3 aromatic carbocycles. The summed E-state index contributed by atoms with van der Waals surface area (Å²) in [5, 5.41) is 1.05. The molecule has 0 spiro atoms. The van der Waals surface area contributed by atoms with Crippen LogP contribution in [-0.4, -0.2) is 30.5 Å². The molecule has 4 rings (SSSR count). The fraction of sp³-hybridized carbons (Fsp3) is 0.273. The van der Waals surface area contributed by atoms with Gasteiger partial charge >= 0.3 is 0 Å². The monoisotopic (exact) mass is 596 g/mol. The van der Waals surface area contributed by atoms with Crippen LogP contribution >= 0.6 is 23.2 Å². The summed E-state index contributed by atoms with van der Waals surface area (Å²) in [6.07, 6.45) is 5.45. The van der Waals surface area contributed by atoms with Crippen molar-refractivity contribution in [1.82, 2.24) is 4.90 Å². The van der Waals surface area contributed by atoms with E-state index in [4.69, 9.17) is 27.9 Å². The molecule has 210 valence electrons. The normalized spacial score (nSPS) is 11.6. The highest BCUT2D eigenvalue weighted by Crippen LogP contribution is 2.29. The van der Waals surface area contributed by atoms with E-state index < -0.39 is 0 Å². The lowest BCUT2D eigenvalue weighted by atomic mass is 9.94. The average Bonchev–Trinajstić information content (AvgIpc) is 2.93. The zero-order valence-corrected chi connectivity index (χ0v) is 25.3. The van der Waals surface area contributed by atoms with Gasteiger partial charge in [-0.2, -0.15) is 0 Å². The minimum atomic E-state index is 0. The number of aromatic nitrogens is 1. The minimum absolute atomic E-state index is 0. The predicted molar refractivity (Wildman–Crippen MR) is 159 cm³/mol. The summed E-state index contributed by atoms with van der Waals surface area (Å²) >= 11 is 12.6. The van der Waals surface area contributed by atoms with E-state index in [1.165, 1.54) is 11.1 Å². The second-order valence-electron chi connectivity index (χ2n) is 10.1. The smallest absolute Gasteiger partial charge is 0.226 e. The number of carbonyl (C=O) groups excluding carboxylic acids is 1. The molecule has 0 radical (unpaired) electrons. The summed E-state index contributed by atoms with van der Waals surface area (Å²) in [6, 6.07) is 28.1. The first-order chi connectivity index (χ1) is 18.8. The van der Waals surface area contributed by atoms with Gasteiger partial charge < -0.3 is 22.0 Å². The van der Waals surface area contributed by atoms with Crippen molar-refractivity contribution in [2.45, 2.75) is 45.3 Å². The minimum Gasteiger partial charge on any atom is -1.00 e. The molecule has 0 bridgehead atoms. The van der Waals surface area contributed by atoms with Crippen molar-refractivity contribution in [3.63, 3.8) is 0 Å². The van der Waals surface area contributed by atoms with Crippen LogP contribution in [0, 0.1) is 0 Å². The van der Waals surface area contributed by atoms with Gasteiger partial charge in [-0.3, -0.25) is 4.79 Å². The van der Waals surface area contributed by atoms with Gasteiger partial charge in [0.25, 0.3) is 0 Å². The average molecular weight is 598 g/mol. The van der Waals surface area contributed by atoms with Gasteiger partial charge in [-0.25, -0.2) is 4.57 Å². The van der Waals surface area contributed by atoms with Gasteiger partial charge in [-0.1, -0.05) is 71.7 Å². The van der Waals surface area contributed by atoms with Crippen molar-refractivity contribution in [2.24, 2.45) is 0 Å². The third-order valence-electron chi connectivity index (χ3n) is 6.69. The highest BCUT2D eigenvalue weighted by molar-refractivity contribution is 6.42. The number of carbonyl (C=O) groups is 1. The van der Waals surface area contributed by atoms with Crippen LogP contribution in [0.1, 0.15) is 37.3 Å². The van der Waals surface area contributed by atoms with Crippen LogP contribution in [0.15, 0.2) is 97.3 Å². The first-order valence-corrected chi connectivity index (χ1v) is 14.0. The molecule has 0 saturated carbocycles. The Balaban J connectivity index is 0.00000441. The maximum absolute atomic E-state index is 13.2. The first-order valence-electron chi connectivity index (χ1n) is 13.3. The van der Waals surface area contributed by atoms with E-state index in [0.717, 1.165) is 29.8 Å². The Morgan fingerprint density at radius 1 is 0.875 bits per heavy atom. The van der Waals surface area contributed by atoms with Crippen LogP contribution in [-0.2, 0) is 17.8 Å². The van der Waals surface area contributed by atoms with Crippen LogP contribution in [0.4, 0.5) is 0 Å². The van der Waals surface area contributed by atoms with Crippen molar-refractivity contribution < 1.29 is 26.5 Å². The Morgan fingerprint density at radius 3 is 2.25 bits per heavy atom. The van der Waals surface area contributed by atoms with Crippen LogP contribution in [0.3, 0.4) is 0 Å². The van der Waals surface area contributed by atoms with Gasteiger partial charge in [0.1, 0.15) is 12.3 Å². The lowest BCUT2D eigenvalue weighted by Gasteiger charge is -2.24. The molecular weight excluding hydrogens is 563 g/mol. The summed E-state index contributed by atoms with van der Waals surface area (Å²) in [6.45, 7) is 5.35. The number of ether oxygens (including phenoxy) is 1. The molecule has 0 saturated heterocycles. The Labute approximate surface area is 253 Å². The van der Waals surface area contributed by atoms with Crippen LogP contribution in [0.2, 0.25) is 10.0 Å². The van der Waals surface area contributed by atoms with E-state index in [1.807, 2.05) is 86.5 Å². The number of nitrogens with zero attached hydrogens (tertiary/aromatic N) is 2. The molecular formula is C33H35Cl3N2O2. The Hall–Kier alpha value is -3.05. The second-order valence-corrected chi connectivity index (χ2v) is 10.9. The van der Waals surface area contributed by atoms with Gasteiger partial charge in [0, 0.05) is 38.1 Å². The number of pyridine rings is 1. The zero-order chi connectivity index (χ0) is 27.8. The molecule has 0 aliphatic carbocycles. The van der Waals surface area contributed by atoms with E-state index in [2.05, 4.69) is 41.2 Å². The van der Waals surface area contributed by atoms with Crippen molar-refractivity contribution in [2.75, 3.05) is 13.6 Å². The lowest BCUT2D eigenvalue weighted by Crippen LogP contribution is -3.00. The molecule has 1 heterocycles. The maximum Gasteiger partial charge on any atom is 0.226 e. The van der Waals surface area contributed by atoms with Crippen LogP contribution < -0.4 is 21.7 Å². The fourth-order valence-electron chi connectivity index (χ4n) is 4.61. The summed E-state index contributed by atoms with van der Waals surface area (Å²) in [4.78, 5) is 15.0. The number of hydrogen-bond acceptors (Lipinski definition) is 2. The summed E-state index contributed by atoms with van der Waals surface area (Å²) in [7, 11) is 1.86. The quantitative estimate of drug-likeness (QED) is 0.237. The molecule has 4 nitrogen and oxygen atoms in total. The van der Waals surface area contributed by atoms with E-state index in [0.29, 0.717) is 23.0 Å². The van der Waals surface area contributed by atoms with Crippen molar-refractivity contribution in [1.29, 1.82) is 0 Å². The molecule has 40 heavy (non-hydrogen) atoms. The van der Waals surface area contributed by atoms with Gasteiger partial charge in [0.15, 0.2) is 12.4 Å². The fourth-order valence-corrected chi connectivity index (χ4v) is 4.91. The van der Waals surface area contributed by atoms with E-state index >= 15 is 0 Å². The number of likely N-dealkylation sites (N-methyl/N-ethyl adjacent to an activating group) is 1. The lowest BCUT2D eigenvalue weighted by molar-refractivity contribution is -0.697. The maximum atomic E-state index is 13.2. The first kappa shape index (κ1) is 31.5. The molecule has 7 heteroatoms. The van der Waals surface area contributed by atoms with Crippen molar-refractivity contribution in [3.8, 4) is 16.9 Å². The number of amides is 1. The van der Waals surface area contributed by atoms with Gasteiger partial charge in [-0.15, -0.1) is 0 Å². The number of rotatable bonds is 11. The number of aryl methyl sites for hydroxylation is 1. The highest BCUT2D eigenvalue weighted by atomic mass is 35.5. The molecule has 1 amide bonds. The largest absolute Gasteiger partial charge is 1.00 e. The summed E-state index contributed by atoms with van der Waals surface area (Å²) in [5.41, 5.74) is 4.38.